The zero-order chi connectivity index (χ0) is 19.1. The van der Waals surface area contributed by atoms with Crippen LogP contribution in [-0.4, -0.2) is 21.5 Å². The molecule has 1 amide bonds. The number of aromatic nitrogens is 2. The molecular formula is C20H23ClN4OS. The minimum absolute atomic E-state index is 0.00204. The fourth-order valence-electron chi connectivity index (χ4n) is 3.86. The van der Waals surface area contributed by atoms with Crippen LogP contribution in [0.5, 0.6) is 0 Å². The Labute approximate surface area is 167 Å². The summed E-state index contributed by atoms with van der Waals surface area (Å²) >= 11 is 7.47. The summed E-state index contributed by atoms with van der Waals surface area (Å²) in [7, 11) is 0. The number of benzene rings is 1. The Morgan fingerprint density at radius 2 is 2.30 bits per heavy atom. The zero-order valence-electron chi connectivity index (χ0n) is 15.5. The van der Waals surface area contributed by atoms with Crippen molar-refractivity contribution in [1.82, 2.24) is 14.9 Å². The molecule has 1 atom stereocenters. The molecule has 1 aliphatic carbocycles. The second-order valence-corrected chi connectivity index (χ2v) is 8.92. The van der Waals surface area contributed by atoms with E-state index in [-0.39, 0.29) is 17.9 Å². The molecule has 0 radical (unpaired) electrons. The van der Waals surface area contributed by atoms with Gasteiger partial charge in [0.15, 0.2) is 4.47 Å². The molecule has 0 fully saturated rings. The lowest BCUT2D eigenvalue weighted by atomic mass is 9.91. The monoisotopic (exact) mass is 402 g/mol. The van der Waals surface area contributed by atoms with Crippen LogP contribution in [0, 0.1) is 5.92 Å². The molecule has 0 saturated carbocycles. The summed E-state index contributed by atoms with van der Waals surface area (Å²) in [5, 5.41) is 6.38. The lowest BCUT2D eigenvalue weighted by Gasteiger charge is -2.25. The van der Waals surface area contributed by atoms with Crippen molar-refractivity contribution >= 4 is 45.4 Å². The molecule has 142 valence electrons. The second-order valence-electron chi connectivity index (χ2n) is 7.48. The van der Waals surface area contributed by atoms with Crippen molar-refractivity contribution in [3.63, 3.8) is 0 Å². The van der Waals surface area contributed by atoms with E-state index in [1.54, 1.807) is 0 Å². The van der Waals surface area contributed by atoms with Crippen LogP contribution in [0.1, 0.15) is 37.2 Å². The molecule has 1 aromatic carbocycles. The molecular weight excluding hydrogens is 380 g/mol. The van der Waals surface area contributed by atoms with Gasteiger partial charge in [0.25, 0.3) is 0 Å². The predicted octanol–water partition coefficient (Wildman–Crippen LogP) is 4.01. The summed E-state index contributed by atoms with van der Waals surface area (Å²) in [5.41, 5.74) is 11.6. The minimum Gasteiger partial charge on any atom is -0.399 e. The highest BCUT2D eigenvalue weighted by Crippen LogP contribution is 2.34. The number of thiazole rings is 1. The van der Waals surface area contributed by atoms with Crippen LogP contribution in [-0.2, 0) is 24.2 Å². The number of rotatable bonds is 4. The fraction of sp³-hybridized carbons (Fsp3) is 0.400. The molecule has 5 nitrogen and oxygen atoms in total. The highest BCUT2D eigenvalue weighted by Gasteiger charge is 2.27. The summed E-state index contributed by atoms with van der Waals surface area (Å²) in [6.45, 7) is 4.55. The highest BCUT2D eigenvalue weighted by molar-refractivity contribution is 7.13. The molecule has 0 bridgehead atoms. The third-order valence-electron chi connectivity index (χ3n) is 5.21. The first-order valence-electron chi connectivity index (χ1n) is 9.22. The number of carbonyl (C=O) groups is 1. The Bertz CT molecular complexity index is 1010. The second kappa shape index (κ2) is 7.17. The third kappa shape index (κ3) is 3.56. The van der Waals surface area contributed by atoms with E-state index in [4.69, 9.17) is 17.3 Å². The molecule has 2 aromatic heterocycles. The van der Waals surface area contributed by atoms with Crippen LogP contribution in [0.15, 0.2) is 23.6 Å². The van der Waals surface area contributed by atoms with Gasteiger partial charge in [0.05, 0.1) is 12.2 Å². The third-order valence-corrected chi connectivity index (χ3v) is 6.23. The van der Waals surface area contributed by atoms with Crippen molar-refractivity contribution in [2.75, 3.05) is 5.73 Å². The molecule has 2 heterocycles. The number of nitrogens with zero attached hydrogens (tertiary/aromatic N) is 2. The number of fused-ring (bicyclic) bond motifs is 3. The maximum atomic E-state index is 12.1. The Morgan fingerprint density at radius 3 is 3.00 bits per heavy atom. The summed E-state index contributed by atoms with van der Waals surface area (Å²) in [4.78, 5) is 16.5. The number of nitrogens with two attached hydrogens (primary N) is 1. The van der Waals surface area contributed by atoms with Gasteiger partial charge in [0, 0.05) is 39.6 Å². The largest absolute Gasteiger partial charge is 0.399 e. The van der Waals surface area contributed by atoms with Gasteiger partial charge in [-0.1, -0.05) is 25.4 Å². The van der Waals surface area contributed by atoms with Crippen LogP contribution in [0.3, 0.4) is 0 Å². The summed E-state index contributed by atoms with van der Waals surface area (Å²) in [6.07, 6.45) is 2.69. The van der Waals surface area contributed by atoms with Gasteiger partial charge in [-0.3, -0.25) is 4.79 Å². The molecule has 3 N–H and O–H groups in total. The molecule has 3 aromatic rings. The topological polar surface area (TPSA) is 72.9 Å². The van der Waals surface area contributed by atoms with E-state index in [0.29, 0.717) is 11.0 Å². The molecule has 0 saturated heterocycles. The van der Waals surface area contributed by atoms with E-state index in [9.17, 15) is 4.79 Å². The van der Waals surface area contributed by atoms with Crippen molar-refractivity contribution in [2.24, 2.45) is 5.92 Å². The predicted molar refractivity (Wildman–Crippen MR) is 111 cm³/mol. The van der Waals surface area contributed by atoms with Crippen molar-refractivity contribution < 1.29 is 4.79 Å². The zero-order valence-corrected chi connectivity index (χ0v) is 17.0. The Kier molecular flexibility index (Phi) is 4.86. The van der Waals surface area contributed by atoms with Gasteiger partial charge in [0.1, 0.15) is 0 Å². The number of hydrogen-bond acceptors (Lipinski definition) is 4. The standard InChI is InChI=1S/C20H23ClN4OS/c1-11(2)19(26)23-13-4-6-18-16(8-13)15-7-12(22)3-5-17(15)25(18)9-14-10-27-20(21)24-14/h3,5,7,10-11,13H,4,6,8-9,22H2,1-2H3,(H,23,26)/t13-/m1/s1. The highest BCUT2D eigenvalue weighted by atomic mass is 35.5. The maximum absolute atomic E-state index is 12.1. The van der Waals surface area contributed by atoms with Gasteiger partial charge < -0.3 is 15.6 Å². The smallest absolute Gasteiger partial charge is 0.222 e. The number of nitrogen functional groups attached to an aromatic ring is 1. The van der Waals surface area contributed by atoms with Crippen LogP contribution in [0.2, 0.25) is 4.47 Å². The van der Waals surface area contributed by atoms with Crippen LogP contribution in [0.25, 0.3) is 10.9 Å². The van der Waals surface area contributed by atoms with E-state index in [1.165, 1.54) is 28.0 Å². The van der Waals surface area contributed by atoms with Gasteiger partial charge in [-0.25, -0.2) is 4.98 Å². The Morgan fingerprint density at radius 1 is 1.48 bits per heavy atom. The Hall–Kier alpha value is -2.05. The number of amides is 1. The lowest BCUT2D eigenvalue weighted by molar-refractivity contribution is -0.124. The SMILES string of the molecule is CC(C)C(=O)N[C@@H]1CCc2c(c3cc(N)ccc3n2Cc2csc(Cl)n2)C1. The van der Waals surface area contributed by atoms with Crippen LogP contribution in [0.4, 0.5) is 5.69 Å². The molecule has 1 aliphatic rings. The Balaban J connectivity index is 1.73. The number of hydrogen-bond donors (Lipinski definition) is 2. The van der Waals surface area contributed by atoms with Crippen molar-refractivity contribution in [3.8, 4) is 0 Å². The first-order chi connectivity index (χ1) is 12.9. The fourth-order valence-corrected chi connectivity index (χ4v) is 4.63. The van der Waals surface area contributed by atoms with Gasteiger partial charge >= 0.3 is 0 Å². The van der Waals surface area contributed by atoms with E-state index < -0.39 is 0 Å². The molecule has 7 heteroatoms. The number of anilines is 1. The van der Waals surface area contributed by atoms with Crippen molar-refractivity contribution in [1.29, 1.82) is 0 Å². The van der Waals surface area contributed by atoms with Crippen molar-refractivity contribution in [2.45, 2.75) is 45.7 Å². The van der Waals surface area contributed by atoms with E-state index in [1.807, 2.05) is 31.4 Å². The first kappa shape index (κ1) is 18.3. The van der Waals surface area contributed by atoms with Gasteiger partial charge in [-0.15, -0.1) is 11.3 Å². The number of carbonyl (C=O) groups excluding carboxylic acids is 1. The average Bonchev–Trinajstić information content (AvgIpc) is 3.17. The average molecular weight is 403 g/mol. The van der Waals surface area contributed by atoms with Gasteiger partial charge in [-0.05, 0) is 43.0 Å². The number of nitrogens with one attached hydrogen (secondary N) is 1. The minimum atomic E-state index is -0.00204. The van der Waals surface area contributed by atoms with E-state index >= 15 is 0 Å². The van der Waals surface area contributed by atoms with E-state index in [2.05, 4.69) is 20.9 Å². The first-order valence-corrected chi connectivity index (χ1v) is 10.5. The molecule has 0 aliphatic heterocycles. The number of halogens is 1. The molecule has 4 rings (SSSR count). The molecule has 0 spiro atoms. The maximum Gasteiger partial charge on any atom is 0.222 e. The molecule has 0 unspecified atom stereocenters. The van der Waals surface area contributed by atoms with Crippen molar-refractivity contribution in [3.05, 3.63) is 45.0 Å². The quantitative estimate of drug-likeness (QED) is 0.647. The van der Waals surface area contributed by atoms with E-state index in [0.717, 1.165) is 36.2 Å². The van der Waals surface area contributed by atoms with Crippen LogP contribution < -0.4 is 11.1 Å². The van der Waals surface area contributed by atoms with Gasteiger partial charge in [-0.2, -0.15) is 0 Å². The lowest BCUT2D eigenvalue weighted by Crippen LogP contribution is -2.41. The van der Waals surface area contributed by atoms with Gasteiger partial charge in [0.2, 0.25) is 5.91 Å². The normalized spacial score (nSPS) is 16.7. The summed E-state index contributed by atoms with van der Waals surface area (Å²) in [6, 6.07) is 6.24. The van der Waals surface area contributed by atoms with Crippen LogP contribution >= 0.6 is 22.9 Å². The molecule has 27 heavy (non-hydrogen) atoms. The summed E-state index contributed by atoms with van der Waals surface area (Å²) in [5.74, 6) is 0.113. The summed E-state index contributed by atoms with van der Waals surface area (Å²) < 4.78 is 2.90.